The van der Waals surface area contributed by atoms with E-state index in [1.165, 1.54) is 22.3 Å². The molecule has 6 heteroatoms. The molecule has 5 rings (SSSR count). The van der Waals surface area contributed by atoms with Crippen LogP contribution in [0.4, 0.5) is 0 Å². The van der Waals surface area contributed by atoms with Crippen LogP contribution in [0, 0.1) is 11.8 Å². The van der Waals surface area contributed by atoms with Crippen molar-refractivity contribution in [1.82, 2.24) is 0 Å². The summed E-state index contributed by atoms with van der Waals surface area (Å²) in [6, 6.07) is 17.7. The van der Waals surface area contributed by atoms with E-state index in [1.807, 2.05) is 0 Å². The number of carboxylic acids is 2. The van der Waals surface area contributed by atoms with E-state index in [9.17, 15) is 9.59 Å². The third-order valence-electron chi connectivity index (χ3n) is 8.56. The molecule has 0 saturated heterocycles. The largest absolute Gasteiger partial charge is 0.480 e. The van der Waals surface area contributed by atoms with Crippen molar-refractivity contribution >= 4 is 11.9 Å². The van der Waals surface area contributed by atoms with Crippen molar-refractivity contribution in [2.75, 3.05) is 13.2 Å². The molecular weight excluding hydrogens is 444 g/mol. The molecule has 3 aliphatic rings. The molecule has 2 aromatic rings. The van der Waals surface area contributed by atoms with E-state index >= 15 is 0 Å². The van der Waals surface area contributed by atoms with Gasteiger partial charge in [-0.3, -0.25) is 0 Å². The Morgan fingerprint density at radius 1 is 0.657 bits per heavy atom. The van der Waals surface area contributed by atoms with E-state index in [1.54, 1.807) is 0 Å². The molecule has 0 unspecified atom stereocenters. The predicted molar refractivity (Wildman–Crippen MR) is 131 cm³/mol. The third kappa shape index (κ3) is 4.50. The van der Waals surface area contributed by atoms with E-state index in [4.69, 9.17) is 19.7 Å². The Balaban J connectivity index is 1.46. The van der Waals surface area contributed by atoms with E-state index in [0.29, 0.717) is 11.8 Å². The molecule has 3 aliphatic carbocycles. The molecule has 0 bridgehead atoms. The van der Waals surface area contributed by atoms with Gasteiger partial charge in [0.15, 0.2) is 0 Å². The molecule has 2 saturated carbocycles. The van der Waals surface area contributed by atoms with E-state index in [-0.39, 0.29) is 30.8 Å². The van der Waals surface area contributed by atoms with E-state index in [2.05, 4.69) is 48.5 Å². The summed E-state index contributed by atoms with van der Waals surface area (Å²) in [5, 5.41) is 18.0. The highest BCUT2D eigenvalue weighted by atomic mass is 16.5. The molecule has 186 valence electrons. The molecule has 2 N–H and O–H groups in total. The van der Waals surface area contributed by atoms with Gasteiger partial charge in [-0.25, -0.2) is 9.59 Å². The van der Waals surface area contributed by atoms with Gasteiger partial charge >= 0.3 is 11.9 Å². The number of benzene rings is 2. The number of hydrogen-bond donors (Lipinski definition) is 2. The van der Waals surface area contributed by atoms with Crippen LogP contribution in [0.5, 0.6) is 0 Å². The fourth-order valence-corrected chi connectivity index (χ4v) is 7.26. The second-order valence-corrected chi connectivity index (χ2v) is 10.3. The molecule has 0 amide bonds. The summed E-state index contributed by atoms with van der Waals surface area (Å²) in [5.74, 6) is -0.940. The maximum Gasteiger partial charge on any atom is 0.329 e. The first-order valence-corrected chi connectivity index (χ1v) is 12.9. The average molecular weight is 479 g/mol. The Kier molecular flexibility index (Phi) is 6.94. The lowest BCUT2D eigenvalue weighted by atomic mass is 9.54. The van der Waals surface area contributed by atoms with Crippen molar-refractivity contribution in [1.29, 1.82) is 0 Å². The van der Waals surface area contributed by atoms with Crippen LogP contribution in [0.25, 0.3) is 11.1 Å². The van der Waals surface area contributed by atoms with Crippen LogP contribution in [0.2, 0.25) is 0 Å². The second-order valence-electron chi connectivity index (χ2n) is 10.3. The van der Waals surface area contributed by atoms with Gasteiger partial charge in [-0.15, -0.1) is 0 Å². The summed E-state index contributed by atoms with van der Waals surface area (Å²) in [6.07, 6.45) is 7.53. The first-order valence-electron chi connectivity index (χ1n) is 12.9. The van der Waals surface area contributed by atoms with Gasteiger partial charge in [-0.05, 0) is 85.5 Å². The fraction of sp³-hybridized carbons (Fsp3) is 0.517. The lowest BCUT2D eigenvalue weighted by Crippen LogP contribution is -2.46. The Labute approximate surface area is 206 Å². The number of hydrogen-bond acceptors (Lipinski definition) is 4. The monoisotopic (exact) mass is 478 g/mol. The van der Waals surface area contributed by atoms with Crippen molar-refractivity contribution in [2.24, 2.45) is 11.8 Å². The van der Waals surface area contributed by atoms with Crippen LogP contribution in [-0.2, 0) is 24.5 Å². The van der Waals surface area contributed by atoms with Gasteiger partial charge in [0.05, 0.1) is 12.2 Å². The van der Waals surface area contributed by atoms with Gasteiger partial charge < -0.3 is 19.7 Å². The summed E-state index contributed by atoms with van der Waals surface area (Å²) >= 11 is 0. The first kappa shape index (κ1) is 24.0. The number of fused-ring (bicyclic) bond motifs is 3. The van der Waals surface area contributed by atoms with Crippen molar-refractivity contribution in [2.45, 2.75) is 69.0 Å². The Morgan fingerprint density at radius 2 is 1.03 bits per heavy atom. The normalized spacial score (nSPS) is 27.1. The molecule has 0 aromatic heterocycles. The molecule has 0 aliphatic heterocycles. The lowest BCUT2D eigenvalue weighted by molar-refractivity contribution is -0.145. The number of aliphatic carboxylic acids is 2. The summed E-state index contributed by atoms with van der Waals surface area (Å²) < 4.78 is 11.3. The van der Waals surface area contributed by atoms with Gasteiger partial charge in [-0.2, -0.15) is 0 Å². The summed E-state index contributed by atoms with van der Waals surface area (Å²) in [4.78, 5) is 22.0. The predicted octanol–water partition coefficient (Wildman–Crippen LogP) is 5.27. The van der Waals surface area contributed by atoms with Crippen LogP contribution in [0.3, 0.4) is 0 Å². The van der Waals surface area contributed by atoms with Crippen LogP contribution in [0.1, 0.15) is 62.5 Å². The highest BCUT2D eigenvalue weighted by Crippen LogP contribution is 2.61. The Bertz CT molecular complexity index is 977. The summed E-state index contributed by atoms with van der Waals surface area (Å²) in [5.41, 5.74) is 5.41. The van der Waals surface area contributed by atoms with Crippen LogP contribution < -0.4 is 0 Å². The SMILES string of the molecule is O=C(O)COC1CCC(C2(C3CCC(OCC(=O)O)CC3)c3ccccc3-c3ccccc32)CC1. The zero-order chi connectivity index (χ0) is 24.4. The highest BCUT2D eigenvalue weighted by Gasteiger charge is 2.54. The van der Waals surface area contributed by atoms with E-state index in [0.717, 1.165) is 51.4 Å². The number of carboxylic acid groups (broad SMARTS) is 2. The molecule has 0 atom stereocenters. The molecule has 6 nitrogen and oxygen atoms in total. The highest BCUT2D eigenvalue weighted by molar-refractivity contribution is 5.81. The third-order valence-corrected chi connectivity index (χ3v) is 8.56. The van der Waals surface area contributed by atoms with Crippen LogP contribution in [-0.4, -0.2) is 47.6 Å². The molecule has 2 fully saturated rings. The maximum absolute atomic E-state index is 11.0. The van der Waals surface area contributed by atoms with Gasteiger partial charge in [0, 0.05) is 5.41 Å². The maximum atomic E-state index is 11.0. The van der Waals surface area contributed by atoms with Crippen LogP contribution in [0.15, 0.2) is 48.5 Å². The van der Waals surface area contributed by atoms with Gasteiger partial charge in [0.25, 0.3) is 0 Å². The quantitative estimate of drug-likeness (QED) is 0.537. The number of ether oxygens (including phenoxy) is 2. The minimum absolute atomic E-state index is 0.00597. The minimum Gasteiger partial charge on any atom is -0.480 e. The lowest BCUT2D eigenvalue weighted by Gasteiger charge is -2.50. The molecule has 0 radical (unpaired) electrons. The van der Waals surface area contributed by atoms with Gasteiger partial charge in [-0.1, -0.05) is 48.5 Å². The molecule has 0 spiro atoms. The summed E-state index contributed by atoms with van der Waals surface area (Å²) in [7, 11) is 0. The standard InChI is InChI=1S/C29H34O6/c30-27(31)17-34-21-13-9-19(10-14-21)29(20-11-15-22(16-12-20)35-18-28(32)33)25-7-3-1-5-23(25)24-6-2-4-8-26(24)29/h1-8,19-22H,9-18H2,(H,30,31)(H,32,33). The zero-order valence-corrected chi connectivity index (χ0v) is 20.0. The van der Waals surface area contributed by atoms with Crippen molar-refractivity contribution in [3.05, 3.63) is 59.7 Å². The van der Waals surface area contributed by atoms with Crippen LogP contribution >= 0.6 is 0 Å². The molecule has 0 heterocycles. The molecule has 35 heavy (non-hydrogen) atoms. The topological polar surface area (TPSA) is 93.1 Å². The first-order chi connectivity index (χ1) is 17.0. The van der Waals surface area contributed by atoms with Gasteiger partial charge in [0.2, 0.25) is 0 Å². The number of rotatable bonds is 8. The minimum atomic E-state index is -0.913. The molecule has 2 aromatic carbocycles. The van der Waals surface area contributed by atoms with Gasteiger partial charge in [0.1, 0.15) is 13.2 Å². The second kappa shape index (κ2) is 10.1. The van der Waals surface area contributed by atoms with Crippen molar-refractivity contribution < 1.29 is 29.3 Å². The summed E-state index contributed by atoms with van der Waals surface area (Å²) in [6.45, 7) is -0.459. The fourth-order valence-electron chi connectivity index (χ4n) is 7.26. The van der Waals surface area contributed by atoms with Crippen molar-refractivity contribution in [3.8, 4) is 11.1 Å². The van der Waals surface area contributed by atoms with E-state index < -0.39 is 11.9 Å². The average Bonchev–Trinajstić information content (AvgIpc) is 3.18. The number of carbonyl (C=O) groups is 2. The van der Waals surface area contributed by atoms with Crippen molar-refractivity contribution in [3.63, 3.8) is 0 Å². The smallest absolute Gasteiger partial charge is 0.329 e. The Hall–Kier alpha value is -2.70. The zero-order valence-electron chi connectivity index (χ0n) is 20.0. The molecular formula is C29H34O6. The Morgan fingerprint density at radius 3 is 1.40 bits per heavy atom.